The fourth-order valence-electron chi connectivity index (χ4n) is 1.72. The highest BCUT2D eigenvalue weighted by Crippen LogP contribution is 2.20. The zero-order valence-corrected chi connectivity index (χ0v) is 12.6. The van der Waals surface area contributed by atoms with Crippen molar-refractivity contribution < 1.29 is 8.42 Å². The minimum Gasteiger partial charge on any atom is -0.387 e. The van der Waals surface area contributed by atoms with Crippen LogP contribution in [0.15, 0.2) is 23.1 Å². The van der Waals surface area contributed by atoms with Crippen molar-refractivity contribution in [2.45, 2.75) is 38.6 Å². The minimum absolute atomic E-state index is 0.0904. The van der Waals surface area contributed by atoms with Crippen LogP contribution in [0, 0.1) is 19.3 Å². The lowest BCUT2D eigenvalue weighted by Crippen LogP contribution is -2.42. The monoisotopic (exact) mass is 283 g/mol. The van der Waals surface area contributed by atoms with Crippen LogP contribution in [0.2, 0.25) is 0 Å². The predicted octanol–water partition coefficient (Wildman–Crippen LogP) is 1.64. The molecule has 0 aliphatic rings. The summed E-state index contributed by atoms with van der Waals surface area (Å²) < 4.78 is 26.3. The van der Waals surface area contributed by atoms with Gasteiger partial charge in [0.1, 0.15) is 5.84 Å². The zero-order chi connectivity index (χ0) is 14.8. The first-order chi connectivity index (χ1) is 8.66. The Bertz CT molecular complexity index is 580. The first-order valence-electron chi connectivity index (χ1n) is 6.08. The summed E-state index contributed by atoms with van der Waals surface area (Å²) in [5.74, 6) is -0.166. The lowest BCUT2D eigenvalue weighted by atomic mass is 10.1. The van der Waals surface area contributed by atoms with Crippen LogP contribution in [0.25, 0.3) is 0 Å². The van der Waals surface area contributed by atoms with E-state index in [0.717, 1.165) is 11.1 Å². The maximum absolute atomic E-state index is 12.5. The normalized spacial score (nSPS) is 12.1. The van der Waals surface area contributed by atoms with Crippen LogP contribution >= 0.6 is 0 Å². The van der Waals surface area contributed by atoms with E-state index in [2.05, 4.69) is 0 Å². The molecule has 0 bridgehead atoms. The smallest absolute Gasteiger partial charge is 0.243 e. The van der Waals surface area contributed by atoms with Crippen LogP contribution in [-0.2, 0) is 10.0 Å². The Hall–Kier alpha value is -1.40. The molecule has 0 radical (unpaired) electrons. The Morgan fingerprint density at radius 1 is 1.32 bits per heavy atom. The van der Waals surface area contributed by atoms with Gasteiger partial charge in [-0.25, -0.2) is 8.42 Å². The number of hydrogen-bond donors (Lipinski definition) is 2. The molecule has 0 saturated heterocycles. The van der Waals surface area contributed by atoms with Gasteiger partial charge in [-0.1, -0.05) is 6.07 Å². The number of rotatable bonds is 5. The van der Waals surface area contributed by atoms with E-state index in [1.165, 1.54) is 4.31 Å². The second-order valence-corrected chi connectivity index (χ2v) is 6.81. The lowest BCUT2D eigenvalue weighted by molar-refractivity contribution is 0.389. The van der Waals surface area contributed by atoms with Gasteiger partial charge in [0.05, 0.1) is 11.4 Å². The fraction of sp³-hybridized carbons (Fsp3) is 0.462. The molecule has 0 saturated carbocycles. The molecule has 106 valence electrons. The second-order valence-electron chi connectivity index (χ2n) is 4.92. The van der Waals surface area contributed by atoms with Gasteiger partial charge in [-0.2, -0.15) is 4.31 Å². The van der Waals surface area contributed by atoms with E-state index >= 15 is 0 Å². The zero-order valence-electron chi connectivity index (χ0n) is 11.8. The van der Waals surface area contributed by atoms with Gasteiger partial charge >= 0.3 is 0 Å². The van der Waals surface area contributed by atoms with Crippen LogP contribution in [0.5, 0.6) is 0 Å². The maximum Gasteiger partial charge on any atom is 0.243 e. The Kier molecular flexibility index (Phi) is 4.70. The van der Waals surface area contributed by atoms with Crippen LogP contribution < -0.4 is 5.73 Å². The summed E-state index contributed by atoms with van der Waals surface area (Å²) in [6.45, 7) is 7.25. The summed E-state index contributed by atoms with van der Waals surface area (Å²) in [6.07, 6.45) is 0. The van der Waals surface area contributed by atoms with E-state index in [-0.39, 0.29) is 23.3 Å². The number of nitrogens with one attached hydrogen (secondary N) is 1. The molecule has 0 aromatic heterocycles. The average molecular weight is 283 g/mol. The van der Waals surface area contributed by atoms with E-state index in [0.29, 0.717) is 0 Å². The Labute approximate surface area is 115 Å². The van der Waals surface area contributed by atoms with Gasteiger partial charge in [0.2, 0.25) is 10.0 Å². The van der Waals surface area contributed by atoms with Crippen LogP contribution in [0.1, 0.15) is 25.0 Å². The van der Waals surface area contributed by atoms with E-state index in [4.69, 9.17) is 11.1 Å². The molecule has 1 aromatic rings. The quantitative estimate of drug-likeness (QED) is 0.636. The van der Waals surface area contributed by atoms with Crippen molar-refractivity contribution in [2.24, 2.45) is 5.73 Å². The van der Waals surface area contributed by atoms with E-state index in [9.17, 15) is 8.42 Å². The number of benzene rings is 1. The van der Waals surface area contributed by atoms with Gasteiger partial charge < -0.3 is 5.73 Å². The SMILES string of the molecule is Cc1ccc(S(=O)(=O)N(CC(=N)N)C(C)C)cc1C. The van der Waals surface area contributed by atoms with Gasteiger partial charge in [0.25, 0.3) is 0 Å². The molecular weight excluding hydrogens is 262 g/mol. The molecule has 0 spiro atoms. The average Bonchev–Trinajstić information content (AvgIpc) is 2.28. The van der Waals surface area contributed by atoms with Crippen LogP contribution in [-0.4, -0.2) is 31.1 Å². The maximum atomic E-state index is 12.5. The molecule has 0 aliphatic heterocycles. The third-order valence-corrected chi connectivity index (χ3v) is 5.00. The van der Waals surface area contributed by atoms with Gasteiger partial charge in [0.15, 0.2) is 0 Å². The Morgan fingerprint density at radius 3 is 2.32 bits per heavy atom. The molecule has 0 atom stereocenters. The van der Waals surface area contributed by atoms with Crippen LogP contribution in [0.4, 0.5) is 0 Å². The molecule has 1 rings (SSSR count). The summed E-state index contributed by atoms with van der Waals surface area (Å²) in [5, 5.41) is 7.31. The number of hydrogen-bond acceptors (Lipinski definition) is 3. The summed E-state index contributed by atoms with van der Waals surface area (Å²) in [6, 6.07) is 4.78. The number of nitrogens with zero attached hydrogens (tertiary/aromatic N) is 1. The highest BCUT2D eigenvalue weighted by molar-refractivity contribution is 7.89. The highest BCUT2D eigenvalue weighted by Gasteiger charge is 2.27. The van der Waals surface area contributed by atoms with Gasteiger partial charge in [-0.15, -0.1) is 0 Å². The second kappa shape index (κ2) is 5.71. The molecule has 0 heterocycles. The summed E-state index contributed by atoms with van der Waals surface area (Å²) in [5.41, 5.74) is 7.30. The third kappa shape index (κ3) is 3.54. The first-order valence-corrected chi connectivity index (χ1v) is 7.52. The van der Waals surface area contributed by atoms with Gasteiger partial charge in [-0.05, 0) is 51.0 Å². The van der Waals surface area contributed by atoms with Crippen molar-refractivity contribution in [3.05, 3.63) is 29.3 Å². The lowest BCUT2D eigenvalue weighted by Gasteiger charge is -2.25. The molecule has 6 heteroatoms. The molecule has 3 N–H and O–H groups in total. The standard InChI is InChI=1S/C13H21N3O2S/c1-9(2)16(8-13(14)15)19(17,18)12-6-5-10(3)11(4)7-12/h5-7,9H,8H2,1-4H3,(H3,14,15). The van der Waals surface area contributed by atoms with Crippen molar-refractivity contribution in [1.29, 1.82) is 5.41 Å². The summed E-state index contributed by atoms with van der Waals surface area (Å²) in [4.78, 5) is 0.241. The molecular formula is C13H21N3O2S. The predicted molar refractivity (Wildman–Crippen MR) is 76.9 cm³/mol. The molecule has 0 fully saturated rings. The Balaban J connectivity index is 3.26. The first kappa shape index (κ1) is 15.7. The Morgan fingerprint density at radius 2 is 1.89 bits per heavy atom. The number of sulfonamides is 1. The van der Waals surface area contributed by atoms with Crippen molar-refractivity contribution >= 4 is 15.9 Å². The van der Waals surface area contributed by atoms with Crippen molar-refractivity contribution in [3.8, 4) is 0 Å². The van der Waals surface area contributed by atoms with Crippen molar-refractivity contribution in [3.63, 3.8) is 0 Å². The van der Waals surface area contributed by atoms with Crippen molar-refractivity contribution in [1.82, 2.24) is 4.31 Å². The van der Waals surface area contributed by atoms with E-state index < -0.39 is 10.0 Å². The van der Waals surface area contributed by atoms with E-state index in [1.807, 2.05) is 13.8 Å². The number of amidine groups is 1. The van der Waals surface area contributed by atoms with Gasteiger partial charge in [-0.3, -0.25) is 5.41 Å². The highest BCUT2D eigenvalue weighted by atomic mass is 32.2. The fourth-order valence-corrected chi connectivity index (χ4v) is 3.42. The molecule has 0 aliphatic carbocycles. The van der Waals surface area contributed by atoms with Crippen LogP contribution in [0.3, 0.4) is 0 Å². The van der Waals surface area contributed by atoms with Gasteiger partial charge in [0, 0.05) is 6.04 Å². The van der Waals surface area contributed by atoms with E-state index in [1.54, 1.807) is 32.0 Å². The molecule has 19 heavy (non-hydrogen) atoms. The minimum atomic E-state index is -3.62. The third-order valence-electron chi connectivity index (χ3n) is 2.99. The summed E-state index contributed by atoms with van der Waals surface area (Å²) >= 11 is 0. The topological polar surface area (TPSA) is 87.2 Å². The molecule has 1 aromatic carbocycles. The van der Waals surface area contributed by atoms with Crippen molar-refractivity contribution in [2.75, 3.05) is 6.54 Å². The number of nitrogens with two attached hydrogens (primary N) is 1. The molecule has 0 amide bonds. The molecule has 0 unspecified atom stereocenters. The largest absolute Gasteiger partial charge is 0.387 e. The number of aryl methyl sites for hydroxylation is 2. The molecule has 5 nitrogen and oxygen atoms in total. The summed E-state index contributed by atoms with van der Waals surface area (Å²) in [7, 11) is -3.62.